The number of ether oxygens (including phenoxy) is 2. The van der Waals surface area contributed by atoms with E-state index in [1.807, 2.05) is 0 Å². The molecular formula is C21H24N6O4. The number of carbonyl (C=O) groups excluding carboxylic acids is 2. The van der Waals surface area contributed by atoms with Crippen LogP contribution in [0.15, 0.2) is 30.6 Å². The van der Waals surface area contributed by atoms with E-state index in [9.17, 15) is 9.59 Å². The standard InChI is InChI=1S/C21H24N6O4/c1-30-16(22)4-5-17-25-11-15(27-17)19(29)26-12-7-21(8-12)9-13(10-21)31-20-14(18(23)28)3-2-6-24-20/h2-6,11-13,22H,7-10H2,1H3,(H2,23,28)(H,25,27)(H,26,29)/b5-4-,22-16?. The molecule has 2 heterocycles. The summed E-state index contributed by atoms with van der Waals surface area (Å²) in [6.45, 7) is 0. The van der Waals surface area contributed by atoms with Crippen LogP contribution in [0.3, 0.4) is 0 Å². The van der Waals surface area contributed by atoms with E-state index in [-0.39, 0.29) is 40.8 Å². The number of rotatable bonds is 7. The summed E-state index contributed by atoms with van der Waals surface area (Å²) in [4.78, 5) is 35.1. The van der Waals surface area contributed by atoms with Gasteiger partial charge in [-0.3, -0.25) is 15.0 Å². The largest absolute Gasteiger partial charge is 0.481 e. The lowest BCUT2D eigenvalue weighted by Gasteiger charge is -2.57. The Hall–Kier alpha value is -3.69. The average molecular weight is 424 g/mol. The number of primary amides is 1. The number of hydrogen-bond donors (Lipinski definition) is 4. The maximum atomic E-state index is 12.4. The molecular weight excluding hydrogens is 400 g/mol. The normalized spacial score (nSPS) is 24.3. The van der Waals surface area contributed by atoms with Crippen LogP contribution in [0, 0.1) is 10.8 Å². The molecule has 2 amide bonds. The number of amides is 2. The van der Waals surface area contributed by atoms with E-state index < -0.39 is 5.91 Å². The van der Waals surface area contributed by atoms with Gasteiger partial charge in [-0.15, -0.1) is 0 Å². The minimum Gasteiger partial charge on any atom is -0.481 e. The topological polar surface area (TPSA) is 156 Å². The third-order valence-corrected chi connectivity index (χ3v) is 5.78. The second-order valence-electron chi connectivity index (χ2n) is 8.03. The number of pyridine rings is 1. The summed E-state index contributed by atoms with van der Waals surface area (Å²) in [6, 6.07) is 3.36. The number of imidazole rings is 1. The molecule has 0 aromatic carbocycles. The smallest absolute Gasteiger partial charge is 0.269 e. The predicted octanol–water partition coefficient (Wildman–Crippen LogP) is 1.66. The van der Waals surface area contributed by atoms with E-state index in [2.05, 4.69) is 20.3 Å². The molecule has 2 fully saturated rings. The lowest BCUT2D eigenvalue weighted by atomic mass is 9.53. The Morgan fingerprint density at radius 3 is 2.81 bits per heavy atom. The first-order valence-corrected chi connectivity index (χ1v) is 9.95. The number of nitrogens with zero attached hydrogens (tertiary/aromatic N) is 2. The molecule has 2 aromatic rings. The summed E-state index contributed by atoms with van der Waals surface area (Å²) < 4.78 is 10.6. The van der Waals surface area contributed by atoms with Crippen molar-refractivity contribution in [2.45, 2.75) is 37.8 Å². The molecule has 162 valence electrons. The Morgan fingerprint density at radius 2 is 2.10 bits per heavy atom. The van der Waals surface area contributed by atoms with Gasteiger partial charge in [-0.1, -0.05) is 0 Å². The zero-order chi connectivity index (χ0) is 22.0. The van der Waals surface area contributed by atoms with Gasteiger partial charge in [0.2, 0.25) is 11.8 Å². The second-order valence-corrected chi connectivity index (χ2v) is 8.03. The van der Waals surface area contributed by atoms with Crippen LogP contribution >= 0.6 is 0 Å². The molecule has 0 atom stereocenters. The van der Waals surface area contributed by atoms with Crippen LogP contribution < -0.4 is 15.8 Å². The van der Waals surface area contributed by atoms with E-state index >= 15 is 0 Å². The second kappa shape index (κ2) is 8.21. The summed E-state index contributed by atoms with van der Waals surface area (Å²) >= 11 is 0. The van der Waals surface area contributed by atoms with Gasteiger partial charge in [0.05, 0.1) is 13.3 Å². The molecule has 0 aliphatic heterocycles. The molecule has 0 saturated heterocycles. The Bertz CT molecular complexity index is 1030. The molecule has 2 aliphatic carbocycles. The van der Waals surface area contributed by atoms with Gasteiger partial charge in [-0.25, -0.2) is 9.97 Å². The van der Waals surface area contributed by atoms with Gasteiger partial charge in [0.1, 0.15) is 23.2 Å². The van der Waals surface area contributed by atoms with Crippen molar-refractivity contribution in [1.82, 2.24) is 20.3 Å². The molecule has 0 unspecified atom stereocenters. The van der Waals surface area contributed by atoms with Crippen LogP contribution in [-0.4, -0.2) is 51.9 Å². The highest BCUT2D eigenvalue weighted by Crippen LogP contribution is 2.56. The van der Waals surface area contributed by atoms with Crippen molar-refractivity contribution in [3.05, 3.63) is 47.7 Å². The summed E-state index contributed by atoms with van der Waals surface area (Å²) in [5, 5.41) is 10.4. The number of carbonyl (C=O) groups is 2. The number of aromatic amines is 1. The fourth-order valence-corrected chi connectivity index (χ4v) is 4.26. The monoisotopic (exact) mass is 424 g/mol. The first kappa shape index (κ1) is 20.6. The van der Waals surface area contributed by atoms with Gasteiger partial charge < -0.3 is 25.5 Å². The zero-order valence-electron chi connectivity index (χ0n) is 17.1. The lowest BCUT2D eigenvalue weighted by molar-refractivity contribution is -0.0848. The highest BCUT2D eigenvalue weighted by atomic mass is 16.5. The number of H-pyrrole nitrogens is 1. The van der Waals surface area contributed by atoms with Crippen LogP contribution in [0.4, 0.5) is 0 Å². The van der Waals surface area contributed by atoms with Crippen molar-refractivity contribution in [1.29, 1.82) is 5.41 Å². The van der Waals surface area contributed by atoms with Crippen molar-refractivity contribution in [3.8, 4) is 5.88 Å². The first-order valence-electron chi connectivity index (χ1n) is 9.95. The van der Waals surface area contributed by atoms with Crippen LogP contribution in [0.1, 0.15) is 52.4 Å². The van der Waals surface area contributed by atoms with Crippen molar-refractivity contribution < 1.29 is 19.1 Å². The third kappa shape index (κ3) is 4.42. The van der Waals surface area contributed by atoms with Gasteiger partial charge in [-0.05, 0) is 49.3 Å². The van der Waals surface area contributed by atoms with Crippen molar-refractivity contribution in [3.63, 3.8) is 0 Å². The Balaban J connectivity index is 1.23. The fraction of sp³-hybridized carbons (Fsp3) is 0.381. The predicted molar refractivity (Wildman–Crippen MR) is 112 cm³/mol. The Labute approximate surface area is 178 Å². The summed E-state index contributed by atoms with van der Waals surface area (Å²) in [6.07, 6.45) is 9.54. The lowest BCUT2D eigenvalue weighted by Crippen LogP contribution is -2.58. The van der Waals surface area contributed by atoms with E-state index in [4.69, 9.17) is 20.6 Å². The first-order chi connectivity index (χ1) is 14.9. The summed E-state index contributed by atoms with van der Waals surface area (Å²) in [7, 11) is 1.41. The molecule has 4 rings (SSSR count). The molecule has 2 aromatic heterocycles. The van der Waals surface area contributed by atoms with Gasteiger partial charge in [0.25, 0.3) is 11.8 Å². The van der Waals surface area contributed by atoms with E-state index in [0.717, 1.165) is 25.7 Å². The average Bonchev–Trinajstić information content (AvgIpc) is 3.18. The van der Waals surface area contributed by atoms with Crippen molar-refractivity contribution in [2.24, 2.45) is 11.1 Å². The highest BCUT2D eigenvalue weighted by Gasteiger charge is 2.54. The third-order valence-electron chi connectivity index (χ3n) is 5.78. The minimum absolute atomic E-state index is 0.00107. The van der Waals surface area contributed by atoms with Gasteiger partial charge >= 0.3 is 0 Å². The van der Waals surface area contributed by atoms with E-state index in [1.165, 1.54) is 19.4 Å². The van der Waals surface area contributed by atoms with Crippen LogP contribution in [0.5, 0.6) is 5.88 Å². The molecule has 0 radical (unpaired) electrons. The van der Waals surface area contributed by atoms with E-state index in [1.54, 1.807) is 24.4 Å². The van der Waals surface area contributed by atoms with Crippen molar-refractivity contribution in [2.75, 3.05) is 7.11 Å². The molecule has 31 heavy (non-hydrogen) atoms. The highest BCUT2D eigenvalue weighted by molar-refractivity contribution is 5.95. The Kier molecular flexibility index (Phi) is 5.45. The molecule has 2 aliphatic rings. The molecule has 2 saturated carbocycles. The van der Waals surface area contributed by atoms with E-state index in [0.29, 0.717) is 11.5 Å². The summed E-state index contributed by atoms with van der Waals surface area (Å²) in [5.74, 6) is -0.0121. The van der Waals surface area contributed by atoms with Crippen LogP contribution in [-0.2, 0) is 4.74 Å². The number of nitrogens with two attached hydrogens (primary N) is 1. The molecule has 5 N–H and O–H groups in total. The number of hydrogen-bond acceptors (Lipinski definition) is 7. The quantitative estimate of drug-likeness (QED) is 0.391. The number of methoxy groups -OCH3 is 1. The maximum absolute atomic E-state index is 12.4. The van der Waals surface area contributed by atoms with Crippen LogP contribution in [0.25, 0.3) is 6.08 Å². The molecule has 10 heteroatoms. The summed E-state index contributed by atoms with van der Waals surface area (Å²) in [5.41, 5.74) is 6.20. The Morgan fingerprint density at radius 1 is 1.32 bits per heavy atom. The molecule has 0 bridgehead atoms. The zero-order valence-corrected chi connectivity index (χ0v) is 17.1. The number of aromatic nitrogens is 3. The fourth-order valence-electron chi connectivity index (χ4n) is 4.26. The van der Waals surface area contributed by atoms with Gasteiger partial charge in [0, 0.05) is 18.3 Å². The number of nitrogens with one attached hydrogen (secondary N) is 3. The van der Waals surface area contributed by atoms with Gasteiger partial charge in [-0.2, -0.15) is 0 Å². The van der Waals surface area contributed by atoms with Crippen LogP contribution in [0.2, 0.25) is 0 Å². The molecule has 10 nitrogen and oxygen atoms in total. The maximum Gasteiger partial charge on any atom is 0.269 e. The minimum atomic E-state index is -0.557. The SMILES string of the molecule is COC(=N)/C=C\c1ncc(C(=O)NC2CC3(C2)CC(Oc2ncccc2C(N)=O)C3)[nH]1. The van der Waals surface area contributed by atoms with Gasteiger partial charge in [0.15, 0.2) is 0 Å². The molecule has 1 spiro atoms. The van der Waals surface area contributed by atoms with Crippen molar-refractivity contribution >= 4 is 23.8 Å².